The number of carbonyl (C=O) groups is 1. The van der Waals surface area contributed by atoms with Gasteiger partial charge in [0.25, 0.3) is 0 Å². The summed E-state index contributed by atoms with van der Waals surface area (Å²) in [5.41, 5.74) is 0.579. The Bertz CT molecular complexity index is 990. The van der Waals surface area contributed by atoms with Crippen molar-refractivity contribution in [3.63, 3.8) is 0 Å². The van der Waals surface area contributed by atoms with Gasteiger partial charge in [-0.15, -0.1) is 11.3 Å². The number of aliphatic hydroxyl groups is 1. The fourth-order valence-corrected chi connectivity index (χ4v) is 5.71. The van der Waals surface area contributed by atoms with E-state index in [1.807, 2.05) is 12.4 Å². The molecule has 0 spiro atoms. The molecule has 4 unspecified atom stereocenters. The van der Waals surface area contributed by atoms with Crippen molar-refractivity contribution in [2.75, 3.05) is 33.4 Å². The average Bonchev–Trinajstić information content (AvgIpc) is 3.43. The number of thiazole rings is 1. The van der Waals surface area contributed by atoms with Crippen molar-refractivity contribution >= 4 is 34.7 Å². The number of rotatable bonds is 7. The summed E-state index contributed by atoms with van der Waals surface area (Å²) < 4.78 is 19.3. The molecule has 1 aromatic heterocycles. The number of aromatic nitrogens is 1. The van der Waals surface area contributed by atoms with Crippen LogP contribution in [0.4, 0.5) is 4.39 Å². The minimum absolute atomic E-state index is 0.0104. The van der Waals surface area contributed by atoms with Gasteiger partial charge in [0.05, 0.1) is 25.3 Å². The lowest BCUT2D eigenvalue weighted by Gasteiger charge is -2.43. The van der Waals surface area contributed by atoms with E-state index in [9.17, 15) is 14.3 Å². The van der Waals surface area contributed by atoms with Gasteiger partial charge in [0.2, 0.25) is 0 Å². The molecule has 10 heteroatoms. The van der Waals surface area contributed by atoms with Crippen LogP contribution in [0.1, 0.15) is 30.0 Å². The number of hydrogen-bond acceptors (Lipinski definition) is 8. The first-order valence-corrected chi connectivity index (χ1v) is 11.9. The van der Waals surface area contributed by atoms with E-state index in [0.717, 1.165) is 11.4 Å². The van der Waals surface area contributed by atoms with E-state index in [0.29, 0.717) is 24.5 Å². The maximum absolute atomic E-state index is 13.8. The number of likely N-dealkylation sites (N-methyl/N-ethyl adjacent to an activating group) is 1. The molecule has 0 aliphatic carbocycles. The zero-order chi connectivity index (χ0) is 22.8. The van der Waals surface area contributed by atoms with Crippen molar-refractivity contribution in [1.82, 2.24) is 14.8 Å². The van der Waals surface area contributed by atoms with Crippen LogP contribution in [0.15, 0.2) is 34.8 Å². The fraction of sp³-hybridized carbons (Fsp3) is 0.500. The number of esters is 1. The lowest BCUT2D eigenvalue weighted by molar-refractivity contribution is -0.151. The second-order valence-electron chi connectivity index (χ2n) is 7.92. The molecule has 1 aromatic carbocycles. The van der Waals surface area contributed by atoms with E-state index < -0.39 is 17.8 Å². The lowest BCUT2D eigenvalue weighted by Crippen LogP contribution is -2.56. The third-order valence-corrected chi connectivity index (χ3v) is 7.24. The topological polar surface area (TPSA) is 78.3 Å². The molecule has 0 bridgehead atoms. The number of amidine groups is 1. The van der Waals surface area contributed by atoms with Crippen molar-refractivity contribution in [3.05, 3.63) is 51.2 Å². The number of carbonyl (C=O) groups excluding carboxylic acids is 1. The maximum atomic E-state index is 13.8. The van der Waals surface area contributed by atoms with E-state index in [2.05, 4.69) is 14.8 Å². The largest absolute Gasteiger partial charge is 0.466 e. The summed E-state index contributed by atoms with van der Waals surface area (Å²) in [6.45, 7) is 3.21. The van der Waals surface area contributed by atoms with E-state index in [1.165, 1.54) is 23.5 Å². The number of nitrogens with zero attached hydrogens (tertiary/aromatic N) is 4. The number of benzene rings is 1. The molecular weight excluding hydrogens is 455 g/mol. The van der Waals surface area contributed by atoms with Crippen LogP contribution in [0, 0.1) is 11.7 Å². The molecule has 0 amide bonds. The zero-order valence-corrected chi connectivity index (χ0v) is 19.5. The van der Waals surface area contributed by atoms with E-state index in [-0.39, 0.29) is 36.3 Å². The summed E-state index contributed by atoms with van der Waals surface area (Å²) in [7, 11) is 1.95. The minimum Gasteiger partial charge on any atom is -0.466 e. The Morgan fingerprint density at radius 1 is 1.47 bits per heavy atom. The van der Waals surface area contributed by atoms with Gasteiger partial charge in [-0.05, 0) is 38.1 Å². The van der Waals surface area contributed by atoms with Crippen LogP contribution in [0.3, 0.4) is 0 Å². The number of halogens is 2. The van der Waals surface area contributed by atoms with E-state index in [1.54, 1.807) is 19.2 Å². The van der Waals surface area contributed by atoms with Crippen LogP contribution in [0.2, 0.25) is 5.02 Å². The summed E-state index contributed by atoms with van der Waals surface area (Å²) in [6.07, 6.45) is 2.52. The Balaban J connectivity index is 1.87. The standard InChI is InChI=1S/C22H26ClFN4O3S/c1-3-31-22(30)17-18(14-5-4-13(24)12-15(14)23)26-20(21-25-7-11-32-21)28-8-6-16(19(17)28)27(2)9-10-29/h4-5,7,11-12,16-19,29H,3,6,8-10H2,1-2H3. The molecule has 4 rings (SSSR count). The highest BCUT2D eigenvalue weighted by Gasteiger charge is 2.53. The molecular formula is C22H26ClFN4O3S. The lowest BCUT2D eigenvalue weighted by atomic mass is 9.82. The van der Waals surface area contributed by atoms with Gasteiger partial charge in [0.15, 0.2) is 10.8 Å². The number of ether oxygens (including phenoxy) is 1. The van der Waals surface area contributed by atoms with Gasteiger partial charge in [0.1, 0.15) is 11.7 Å². The van der Waals surface area contributed by atoms with Crippen molar-refractivity contribution < 1.29 is 19.0 Å². The van der Waals surface area contributed by atoms with Gasteiger partial charge in [-0.3, -0.25) is 14.7 Å². The summed E-state index contributed by atoms with van der Waals surface area (Å²) in [5.74, 6) is -0.750. The Kier molecular flexibility index (Phi) is 7.09. The highest BCUT2D eigenvalue weighted by atomic mass is 35.5. The fourth-order valence-electron chi connectivity index (χ4n) is 4.78. The molecule has 2 aliphatic rings. The van der Waals surface area contributed by atoms with Crippen LogP contribution < -0.4 is 0 Å². The molecule has 2 aliphatic heterocycles. The average molecular weight is 481 g/mol. The molecule has 4 atom stereocenters. The quantitative estimate of drug-likeness (QED) is 0.614. The smallest absolute Gasteiger partial charge is 0.313 e. The Morgan fingerprint density at radius 2 is 2.28 bits per heavy atom. The number of aliphatic hydroxyl groups excluding tert-OH is 1. The molecule has 1 fully saturated rings. The van der Waals surface area contributed by atoms with Gasteiger partial charge in [-0.2, -0.15) is 0 Å². The summed E-state index contributed by atoms with van der Waals surface area (Å²) >= 11 is 7.92. The molecule has 2 aromatic rings. The van der Waals surface area contributed by atoms with E-state index in [4.69, 9.17) is 21.3 Å². The second kappa shape index (κ2) is 9.82. The van der Waals surface area contributed by atoms with Crippen LogP contribution in [-0.4, -0.2) is 77.1 Å². The predicted molar refractivity (Wildman–Crippen MR) is 122 cm³/mol. The minimum atomic E-state index is -0.648. The van der Waals surface area contributed by atoms with Gasteiger partial charge in [0, 0.05) is 35.7 Å². The monoisotopic (exact) mass is 480 g/mol. The van der Waals surface area contributed by atoms with Gasteiger partial charge in [-0.1, -0.05) is 17.7 Å². The zero-order valence-electron chi connectivity index (χ0n) is 17.9. The van der Waals surface area contributed by atoms with Gasteiger partial charge < -0.3 is 14.7 Å². The van der Waals surface area contributed by atoms with Crippen LogP contribution in [-0.2, 0) is 9.53 Å². The maximum Gasteiger partial charge on any atom is 0.313 e. The summed E-state index contributed by atoms with van der Waals surface area (Å²) in [4.78, 5) is 26.9. The third kappa shape index (κ3) is 4.26. The van der Waals surface area contributed by atoms with Crippen molar-refractivity contribution in [3.8, 4) is 0 Å². The van der Waals surface area contributed by atoms with Crippen molar-refractivity contribution in [1.29, 1.82) is 0 Å². The highest BCUT2D eigenvalue weighted by Crippen LogP contribution is 2.44. The van der Waals surface area contributed by atoms with E-state index >= 15 is 0 Å². The first-order chi connectivity index (χ1) is 15.5. The van der Waals surface area contributed by atoms with Crippen molar-refractivity contribution in [2.45, 2.75) is 31.5 Å². The second-order valence-corrected chi connectivity index (χ2v) is 9.22. The van der Waals surface area contributed by atoms with Crippen molar-refractivity contribution in [2.24, 2.45) is 10.9 Å². The SMILES string of the molecule is CCOC(=O)C1C(c2ccc(F)cc2Cl)N=C(c2nccs2)N2CCC(N(C)CCO)C12. The Labute approximate surface area is 195 Å². The van der Waals surface area contributed by atoms with Crippen LogP contribution >= 0.6 is 22.9 Å². The number of aliphatic imine (C=N–C) groups is 1. The molecule has 1 saturated heterocycles. The first-order valence-electron chi connectivity index (χ1n) is 10.6. The third-order valence-electron chi connectivity index (χ3n) is 6.14. The normalized spacial score (nSPS) is 25.1. The Morgan fingerprint density at radius 3 is 2.94 bits per heavy atom. The highest BCUT2D eigenvalue weighted by molar-refractivity contribution is 7.11. The van der Waals surface area contributed by atoms with Crippen LogP contribution in [0.5, 0.6) is 0 Å². The molecule has 1 N–H and O–H groups in total. The summed E-state index contributed by atoms with van der Waals surface area (Å²) in [6, 6.07) is 3.25. The molecule has 172 valence electrons. The van der Waals surface area contributed by atoms with Crippen LogP contribution in [0.25, 0.3) is 0 Å². The van der Waals surface area contributed by atoms with Gasteiger partial charge >= 0.3 is 5.97 Å². The molecule has 0 saturated carbocycles. The Hall–Kier alpha value is -2.07. The molecule has 3 heterocycles. The van der Waals surface area contributed by atoms with Gasteiger partial charge in [-0.25, -0.2) is 9.37 Å². The number of fused-ring (bicyclic) bond motifs is 1. The molecule has 7 nitrogen and oxygen atoms in total. The number of hydrogen-bond donors (Lipinski definition) is 1. The molecule has 32 heavy (non-hydrogen) atoms. The predicted octanol–water partition coefficient (Wildman–Crippen LogP) is 2.98. The first kappa shape index (κ1) is 23.1. The molecule has 0 radical (unpaired) electrons. The summed E-state index contributed by atoms with van der Waals surface area (Å²) in [5, 5.41) is 12.4.